The van der Waals surface area contributed by atoms with Gasteiger partial charge in [-0.25, -0.2) is 0 Å². The lowest BCUT2D eigenvalue weighted by atomic mass is 9.95. The Morgan fingerprint density at radius 1 is 1.08 bits per heavy atom. The van der Waals surface area contributed by atoms with Crippen LogP contribution in [0.1, 0.15) is 42.9 Å². The summed E-state index contributed by atoms with van der Waals surface area (Å²) in [7, 11) is 0. The maximum atomic E-state index is 4.54. The highest BCUT2D eigenvalue weighted by Crippen LogP contribution is 2.28. The van der Waals surface area contributed by atoms with Crippen molar-refractivity contribution in [3.05, 3.63) is 60.2 Å². The van der Waals surface area contributed by atoms with Gasteiger partial charge in [0.1, 0.15) is 12.4 Å². The lowest BCUT2D eigenvalue weighted by molar-refractivity contribution is 0.200. The van der Waals surface area contributed by atoms with Gasteiger partial charge in [-0.2, -0.15) is 5.10 Å². The molecular weight excluding hydrogens is 326 g/mol. The molecule has 0 radical (unpaired) electrons. The summed E-state index contributed by atoms with van der Waals surface area (Å²) in [6.45, 7) is 6.89. The van der Waals surface area contributed by atoms with E-state index >= 15 is 0 Å². The third kappa shape index (κ3) is 3.67. The molecule has 0 bridgehead atoms. The van der Waals surface area contributed by atoms with Gasteiger partial charge in [-0.3, -0.25) is 14.6 Å². The van der Waals surface area contributed by atoms with Gasteiger partial charge in [-0.1, -0.05) is 6.07 Å². The number of nitrogens with zero attached hydrogens (tertiary/aromatic N) is 7. The SMILES string of the molecule is CCn1c(Cn2cccn2)nnc1C1CCN(Cc2cccnc2)CC1. The molecule has 0 amide bonds. The Bertz CT molecular complexity index is 802. The molecule has 0 spiro atoms. The van der Waals surface area contributed by atoms with Gasteiger partial charge in [0.15, 0.2) is 5.82 Å². The molecule has 7 heteroatoms. The van der Waals surface area contributed by atoms with Crippen LogP contribution in [0.3, 0.4) is 0 Å². The van der Waals surface area contributed by atoms with E-state index in [-0.39, 0.29) is 0 Å². The van der Waals surface area contributed by atoms with E-state index < -0.39 is 0 Å². The first-order chi connectivity index (χ1) is 12.8. The largest absolute Gasteiger partial charge is 0.313 e. The molecule has 3 aromatic heterocycles. The minimum absolute atomic E-state index is 0.485. The summed E-state index contributed by atoms with van der Waals surface area (Å²) in [6, 6.07) is 6.09. The monoisotopic (exact) mass is 351 g/mol. The van der Waals surface area contributed by atoms with Crippen molar-refractivity contribution in [2.45, 2.75) is 45.3 Å². The van der Waals surface area contributed by atoms with Crippen LogP contribution >= 0.6 is 0 Å². The number of rotatable bonds is 6. The molecular formula is C19H25N7. The maximum absolute atomic E-state index is 4.54. The Balaban J connectivity index is 1.40. The average Bonchev–Trinajstić information content (AvgIpc) is 3.33. The summed E-state index contributed by atoms with van der Waals surface area (Å²) >= 11 is 0. The molecule has 26 heavy (non-hydrogen) atoms. The minimum atomic E-state index is 0.485. The Labute approximate surface area is 153 Å². The minimum Gasteiger partial charge on any atom is -0.313 e. The van der Waals surface area contributed by atoms with Crippen molar-refractivity contribution in [2.24, 2.45) is 0 Å². The third-order valence-corrected chi connectivity index (χ3v) is 5.12. The van der Waals surface area contributed by atoms with Crippen LogP contribution in [0.2, 0.25) is 0 Å². The van der Waals surface area contributed by atoms with Crippen molar-refractivity contribution in [3.63, 3.8) is 0 Å². The molecule has 0 atom stereocenters. The first-order valence-electron chi connectivity index (χ1n) is 9.34. The average molecular weight is 351 g/mol. The maximum Gasteiger partial charge on any atom is 0.154 e. The predicted molar refractivity (Wildman–Crippen MR) is 98.5 cm³/mol. The Hall–Kier alpha value is -2.54. The van der Waals surface area contributed by atoms with Gasteiger partial charge in [0.25, 0.3) is 0 Å². The van der Waals surface area contributed by atoms with Crippen LogP contribution in [0.15, 0.2) is 43.0 Å². The normalized spacial score (nSPS) is 16.2. The summed E-state index contributed by atoms with van der Waals surface area (Å²) in [5.74, 6) is 2.61. The molecule has 1 fully saturated rings. The molecule has 4 rings (SSSR count). The fourth-order valence-electron chi connectivity index (χ4n) is 3.75. The number of piperidine rings is 1. The van der Waals surface area contributed by atoms with Crippen molar-refractivity contribution in [2.75, 3.05) is 13.1 Å². The molecule has 1 saturated heterocycles. The molecule has 1 aliphatic heterocycles. The first-order valence-corrected chi connectivity index (χ1v) is 9.34. The summed E-state index contributed by atoms with van der Waals surface area (Å²) < 4.78 is 4.17. The van der Waals surface area contributed by atoms with Crippen LogP contribution in [0.4, 0.5) is 0 Å². The molecule has 0 N–H and O–H groups in total. The molecule has 4 heterocycles. The molecule has 0 aliphatic carbocycles. The van der Waals surface area contributed by atoms with E-state index in [0.717, 1.165) is 50.7 Å². The highest BCUT2D eigenvalue weighted by atomic mass is 15.3. The molecule has 1 aliphatic rings. The van der Waals surface area contributed by atoms with Crippen molar-refractivity contribution in [3.8, 4) is 0 Å². The summed E-state index contributed by atoms with van der Waals surface area (Å²) in [6.07, 6.45) is 9.80. The van der Waals surface area contributed by atoms with Crippen molar-refractivity contribution >= 4 is 0 Å². The zero-order chi connectivity index (χ0) is 17.8. The second-order valence-electron chi connectivity index (χ2n) is 6.83. The van der Waals surface area contributed by atoms with Gasteiger partial charge in [0, 0.05) is 43.8 Å². The van der Waals surface area contributed by atoms with Crippen molar-refractivity contribution in [1.29, 1.82) is 0 Å². The van der Waals surface area contributed by atoms with Crippen LogP contribution in [0.5, 0.6) is 0 Å². The van der Waals surface area contributed by atoms with E-state index in [0.29, 0.717) is 12.5 Å². The highest BCUT2D eigenvalue weighted by molar-refractivity contribution is 5.09. The zero-order valence-corrected chi connectivity index (χ0v) is 15.2. The second-order valence-corrected chi connectivity index (χ2v) is 6.83. The predicted octanol–water partition coefficient (Wildman–Crippen LogP) is 2.32. The van der Waals surface area contributed by atoms with E-state index in [1.807, 2.05) is 35.4 Å². The van der Waals surface area contributed by atoms with E-state index in [9.17, 15) is 0 Å². The summed E-state index contributed by atoms with van der Waals surface area (Å²) in [4.78, 5) is 6.72. The lowest BCUT2D eigenvalue weighted by Gasteiger charge is -2.31. The number of likely N-dealkylation sites (tertiary alicyclic amines) is 1. The number of hydrogen-bond acceptors (Lipinski definition) is 5. The second kappa shape index (κ2) is 7.78. The van der Waals surface area contributed by atoms with Crippen LogP contribution in [-0.4, -0.2) is 47.5 Å². The zero-order valence-electron chi connectivity index (χ0n) is 15.2. The van der Waals surface area contributed by atoms with Crippen LogP contribution < -0.4 is 0 Å². The summed E-state index contributed by atoms with van der Waals surface area (Å²) in [5.41, 5.74) is 1.28. The Morgan fingerprint density at radius 3 is 2.65 bits per heavy atom. The van der Waals surface area contributed by atoms with Gasteiger partial charge in [0.2, 0.25) is 0 Å². The lowest BCUT2D eigenvalue weighted by Crippen LogP contribution is -2.33. The van der Waals surface area contributed by atoms with Gasteiger partial charge in [-0.05, 0) is 50.6 Å². The van der Waals surface area contributed by atoms with Crippen molar-refractivity contribution in [1.82, 2.24) is 34.4 Å². The first kappa shape index (κ1) is 16.9. The van der Waals surface area contributed by atoms with Crippen molar-refractivity contribution < 1.29 is 0 Å². The fourth-order valence-corrected chi connectivity index (χ4v) is 3.75. The van der Waals surface area contributed by atoms with Crippen LogP contribution in [0, 0.1) is 0 Å². The van der Waals surface area contributed by atoms with E-state index in [1.54, 1.807) is 6.20 Å². The molecule has 3 aromatic rings. The molecule has 0 aromatic carbocycles. The molecule has 7 nitrogen and oxygen atoms in total. The highest BCUT2D eigenvalue weighted by Gasteiger charge is 2.25. The van der Waals surface area contributed by atoms with Gasteiger partial charge >= 0.3 is 0 Å². The number of aromatic nitrogens is 6. The van der Waals surface area contributed by atoms with E-state index in [2.05, 4.69) is 42.7 Å². The van der Waals surface area contributed by atoms with Gasteiger partial charge in [0.05, 0.1) is 0 Å². The fraction of sp³-hybridized carbons (Fsp3) is 0.474. The number of pyridine rings is 1. The Morgan fingerprint density at radius 2 is 1.96 bits per heavy atom. The van der Waals surface area contributed by atoms with Crippen LogP contribution in [0.25, 0.3) is 0 Å². The third-order valence-electron chi connectivity index (χ3n) is 5.12. The molecule has 136 valence electrons. The van der Waals surface area contributed by atoms with E-state index in [4.69, 9.17) is 0 Å². The summed E-state index contributed by atoms with van der Waals surface area (Å²) in [5, 5.41) is 13.3. The van der Waals surface area contributed by atoms with Crippen LogP contribution in [-0.2, 0) is 19.6 Å². The number of hydrogen-bond donors (Lipinski definition) is 0. The topological polar surface area (TPSA) is 64.7 Å². The van der Waals surface area contributed by atoms with E-state index in [1.165, 1.54) is 5.56 Å². The molecule has 0 saturated carbocycles. The quantitative estimate of drug-likeness (QED) is 0.682. The Kier molecular flexibility index (Phi) is 5.06. The van der Waals surface area contributed by atoms with Gasteiger partial charge < -0.3 is 4.57 Å². The molecule has 0 unspecified atom stereocenters. The van der Waals surface area contributed by atoms with Gasteiger partial charge in [-0.15, -0.1) is 10.2 Å². The smallest absolute Gasteiger partial charge is 0.154 e. The standard InChI is InChI=1S/C19H25N7/c1-2-26-18(15-25-10-4-9-21-25)22-23-19(26)17-6-11-24(12-7-17)14-16-5-3-8-20-13-16/h3-5,8-10,13,17H,2,6-7,11-12,14-15H2,1H3.